The Kier molecular flexibility index (Phi) is 153. The predicted octanol–water partition coefficient (Wildman–Crippen LogP) is 22.2. The van der Waals surface area contributed by atoms with E-state index in [0.717, 1.165) is 200 Å². The number of carbonyl (C=O) groups is 4. The first-order chi connectivity index (χ1) is 49.0. The molecule has 0 aromatic heterocycles. The highest BCUT2D eigenvalue weighted by Gasteiger charge is 2.16. The van der Waals surface area contributed by atoms with Crippen LogP contribution in [0.4, 0.5) is 0 Å². The van der Waals surface area contributed by atoms with Gasteiger partial charge in [-0.15, -0.1) is 23.5 Å². The molecule has 2 saturated carbocycles. The van der Waals surface area contributed by atoms with Gasteiger partial charge in [-0.25, -0.2) is 16.8 Å². The van der Waals surface area contributed by atoms with Gasteiger partial charge in [0.15, 0.2) is 18.0 Å². The summed E-state index contributed by atoms with van der Waals surface area (Å²) < 4.78 is 46.9. The van der Waals surface area contributed by atoms with Crippen molar-refractivity contribution in [2.75, 3.05) is 80.5 Å². The summed E-state index contributed by atoms with van der Waals surface area (Å²) in [5.41, 5.74) is 6.69. The molecule has 22 heteroatoms. The highest BCUT2D eigenvalue weighted by Crippen LogP contribution is 2.13. The molecule has 0 aromatic rings. The van der Waals surface area contributed by atoms with E-state index in [9.17, 15) is 36.0 Å². The van der Waals surface area contributed by atoms with Gasteiger partial charge in [0.25, 0.3) is 0 Å². The summed E-state index contributed by atoms with van der Waals surface area (Å²) in [5, 5.41) is 10.9. The van der Waals surface area contributed by atoms with Gasteiger partial charge in [-0.3, -0.25) is 34.2 Å². The van der Waals surface area contributed by atoms with Gasteiger partial charge in [-0.1, -0.05) is 201 Å². The van der Waals surface area contributed by atoms with E-state index >= 15 is 0 Å². The zero-order valence-corrected chi connectivity index (χ0v) is 72.6. The van der Waals surface area contributed by atoms with E-state index in [1.165, 1.54) is 37.2 Å². The number of aliphatic imine (C=N–C) groups is 3. The lowest BCUT2D eigenvalue weighted by Crippen LogP contribution is -2.15. The third-order valence-electron chi connectivity index (χ3n) is 11.2. The minimum Gasteiger partial charge on any atom is -0.483 e. The maximum absolute atomic E-state index is 10.7. The maximum Gasteiger partial charge on any atom is 0.169 e. The van der Waals surface area contributed by atoms with Crippen molar-refractivity contribution in [3.8, 4) is 0 Å². The molecule has 8 aliphatic heterocycles. The number of sulfone groups is 2. The number of carbonyl (C=O) groups excluding carboxylic acids is 4. The molecule has 0 amide bonds. The lowest BCUT2D eigenvalue weighted by atomic mass is 10.00. The Morgan fingerprint density at radius 1 is 0.360 bits per heavy atom. The van der Waals surface area contributed by atoms with Gasteiger partial charge in [0.1, 0.15) is 44.5 Å². The third kappa shape index (κ3) is 127. The topological polar surface area (TPSA) is 250 Å². The number of ether oxygens (including phenoxy) is 1. The smallest absolute Gasteiger partial charge is 0.169 e. The van der Waals surface area contributed by atoms with Gasteiger partial charge >= 0.3 is 0 Å². The van der Waals surface area contributed by atoms with Gasteiger partial charge in [0.05, 0.1) is 40.7 Å². The minimum absolute atomic E-state index is 0.273. The second kappa shape index (κ2) is 125. The SMILES string of the molecule is C1=NCCCO1.C1=NCCCS1.C1=NCCS1.C1=NNCCC1.C1=NOCCC1.C1=NOCCC1.CC.CC.CC.CC.CC.CC.CC.CC.CC.CC.CC.CC.O=C1C=CCC1.O=C1C=CCCC1.O=C1CCCC1.O=C1CCCCC1.O=S1(=O)CCCC1.O=S1(=O)CCCCC1. The molecule has 18 nitrogen and oxygen atoms in total. The van der Waals surface area contributed by atoms with E-state index in [1.54, 1.807) is 48.1 Å². The summed E-state index contributed by atoms with van der Waals surface area (Å²) in [6.07, 6.45) is 41.7. The number of Topliss-reactive ketones (excluding diaryl/α,β-unsaturated/α-hetero) is 2. The van der Waals surface area contributed by atoms with Crippen molar-refractivity contribution in [2.24, 2.45) is 30.4 Å². The lowest BCUT2D eigenvalue weighted by molar-refractivity contribution is -0.120. The first kappa shape index (κ1) is 123. The first-order valence-corrected chi connectivity index (χ1v) is 45.4. The van der Waals surface area contributed by atoms with E-state index in [4.69, 9.17) is 4.74 Å². The third-order valence-corrected chi connectivity index (χ3v) is 16.4. The van der Waals surface area contributed by atoms with Crippen LogP contribution in [-0.4, -0.2) is 157 Å². The number of ketones is 4. The second-order valence-corrected chi connectivity index (χ2v) is 24.8. The number of thioether (sulfide) groups is 2. The number of hydrogen-bond donors (Lipinski definition) is 1. The molecule has 8 heterocycles. The molecule has 0 unspecified atom stereocenters. The van der Waals surface area contributed by atoms with Crippen molar-refractivity contribution < 1.29 is 50.4 Å². The summed E-state index contributed by atoms with van der Waals surface area (Å²) in [6, 6.07) is 0. The van der Waals surface area contributed by atoms with E-state index < -0.39 is 19.7 Å². The van der Waals surface area contributed by atoms with E-state index in [2.05, 4.69) is 45.5 Å². The van der Waals surface area contributed by atoms with Crippen molar-refractivity contribution in [2.45, 2.75) is 340 Å². The molecule has 600 valence electrons. The Morgan fingerprint density at radius 3 is 0.890 bits per heavy atom. The standard InChI is InChI=1S/C6H10O.C6H8O.C5H10O2S.C5H8O.C5H6O.C4H8N2.3C4H7NO.C4H7NS.C4H8O2S.C3H5NS.12C2H6/c2*7-6-4-2-1-3-5-6;6-8(7)4-2-1-3-5-8;2*6-5-3-1-2-4-5;1-2-4-6-5-3-1;1-2-5-4-6-3-1;2*1-2-4-6-5-3-1;1-2-5-4-6-3-1;5-7(6)3-1-2-4-7;1-2-5-3-4-1;12*1-2/h1-5H2;2,4H,1,3,5H2;1-5H2;1-4H2;1,3H,2,4H2;3,6H,1-2,4H2;4H,1-3H2;2*3H,1-2,4H2;4H,1-3H2;1-4H2;3H,1-2H2;12*1-2H3. The Labute approximate surface area is 629 Å². The Morgan fingerprint density at radius 2 is 0.750 bits per heavy atom. The number of hydrogen-bond acceptors (Lipinski definition) is 20. The highest BCUT2D eigenvalue weighted by atomic mass is 32.2. The van der Waals surface area contributed by atoms with Crippen LogP contribution in [0.5, 0.6) is 0 Å². The molecule has 0 aromatic carbocycles. The van der Waals surface area contributed by atoms with Gasteiger partial charge in [-0.05, 0) is 128 Å². The first-order valence-electron chi connectivity index (χ1n) is 39.6. The van der Waals surface area contributed by atoms with Gasteiger partial charge in [0, 0.05) is 101 Å². The fraction of sp³-hybridized carbons (Fsp3) is 0.821. The summed E-state index contributed by atoms with van der Waals surface area (Å²) in [7, 11) is -5.13. The maximum atomic E-state index is 10.7. The monoisotopic (exact) mass is 1500 g/mol. The van der Waals surface area contributed by atoms with Crippen molar-refractivity contribution in [3.05, 3.63) is 24.3 Å². The van der Waals surface area contributed by atoms with E-state index in [1.807, 2.05) is 196 Å². The molecule has 4 fully saturated rings. The molecular weight excluding hydrogens is 1340 g/mol. The highest BCUT2D eigenvalue weighted by molar-refractivity contribution is 8.12. The Hall–Kier alpha value is -4.02. The molecule has 1 N–H and O–H groups in total. The Balaban J connectivity index is -0.0000000822. The van der Waals surface area contributed by atoms with Gasteiger partial charge < -0.3 is 19.8 Å². The van der Waals surface area contributed by atoms with Crippen LogP contribution in [-0.2, 0) is 53.3 Å². The van der Waals surface area contributed by atoms with Crippen LogP contribution in [0.1, 0.15) is 340 Å². The molecule has 4 aliphatic carbocycles. The molecule has 0 spiro atoms. The number of oxime groups is 2. The minimum atomic E-state index is -2.58. The summed E-state index contributed by atoms with van der Waals surface area (Å²) in [4.78, 5) is 62.3. The number of nitrogens with zero attached hydrogens (tertiary/aromatic N) is 6. The van der Waals surface area contributed by atoms with Crippen molar-refractivity contribution in [1.29, 1.82) is 0 Å². The molecule has 0 bridgehead atoms. The van der Waals surface area contributed by atoms with Gasteiger partial charge in [0.2, 0.25) is 0 Å². The van der Waals surface area contributed by atoms with E-state index in [-0.39, 0.29) is 11.6 Å². The van der Waals surface area contributed by atoms with Gasteiger partial charge in [-0.2, -0.15) is 5.10 Å². The van der Waals surface area contributed by atoms with Crippen molar-refractivity contribution in [1.82, 2.24) is 5.43 Å². The summed E-state index contributed by atoms with van der Waals surface area (Å²) >= 11 is 3.59. The largest absolute Gasteiger partial charge is 0.483 e. The average Bonchev–Trinajstić information content (AvgIpc) is 1.45. The Bertz CT molecular complexity index is 1810. The van der Waals surface area contributed by atoms with Crippen molar-refractivity contribution in [3.63, 3.8) is 0 Å². The zero-order chi connectivity index (χ0) is 79.2. The summed E-state index contributed by atoms with van der Waals surface area (Å²) in [6.45, 7) is 54.5. The quantitative estimate of drug-likeness (QED) is 0.237. The number of rotatable bonds is 0. The van der Waals surface area contributed by atoms with Crippen LogP contribution in [0.2, 0.25) is 0 Å². The zero-order valence-electron chi connectivity index (χ0n) is 69.4. The van der Waals surface area contributed by atoms with Crippen LogP contribution in [0, 0.1) is 0 Å². The van der Waals surface area contributed by atoms with Crippen LogP contribution in [0.25, 0.3) is 0 Å². The normalized spacial score (nSPS) is 17.5. The number of allylic oxidation sites excluding steroid dienone is 4. The molecule has 100 heavy (non-hydrogen) atoms. The average molecular weight is 1500 g/mol. The summed E-state index contributed by atoms with van der Waals surface area (Å²) in [5.74, 6) is 5.63. The second-order valence-electron chi connectivity index (χ2n) is 18.3. The van der Waals surface area contributed by atoms with E-state index in [0.29, 0.717) is 34.6 Å². The van der Waals surface area contributed by atoms with Crippen LogP contribution >= 0.6 is 23.5 Å². The predicted molar refractivity (Wildman–Crippen MR) is 453 cm³/mol. The number of hydrazone groups is 1. The lowest BCUT2D eigenvalue weighted by Gasteiger charge is -2.08. The molecule has 12 aliphatic rings. The molecule has 2 saturated heterocycles. The molecular formula is C78H163N7O11S4. The molecule has 12 rings (SSSR count). The van der Waals surface area contributed by atoms with Crippen LogP contribution < -0.4 is 5.43 Å². The molecule has 0 radical (unpaired) electrons. The fourth-order valence-electron chi connectivity index (χ4n) is 6.92. The van der Waals surface area contributed by atoms with Crippen molar-refractivity contribution >= 4 is 102 Å². The molecule has 0 atom stereocenters. The fourth-order valence-corrected chi connectivity index (χ4v) is 11.0. The van der Waals surface area contributed by atoms with Crippen LogP contribution in [0.15, 0.2) is 54.7 Å². The van der Waals surface area contributed by atoms with Crippen LogP contribution in [0.3, 0.4) is 0 Å². The number of nitrogens with one attached hydrogen (secondary N) is 1.